The largest absolute Gasteiger partial charge is 0.394 e. The van der Waals surface area contributed by atoms with E-state index in [1.54, 1.807) is 0 Å². The fourth-order valence-electron chi connectivity index (χ4n) is 1.89. The average molecular weight is 258 g/mol. The van der Waals surface area contributed by atoms with E-state index < -0.39 is 36.8 Å². The second kappa shape index (κ2) is 5.00. The highest BCUT2D eigenvalue weighted by molar-refractivity contribution is 5.23. The molecule has 1 aromatic heterocycles. The van der Waals surface area contributed by atoms with Crippen molar-refractivity contribution in [1.82, 2.24) is 15.0 Å². The molecule has 2 rings (SSSR count). The van der Waals surface area contributed by atoms with Gasteiger partial charge in [0.05, 0.1) is 6.61 Å². The fourth-order valence-corrected chi connectivity index (χ4v) is 1.89. The minimum absolute atomic E-state index is 0.0574. The van der Waals surface area contributed by atoms with Crippen molar-refractivity contribution in [2.75, 3.05) is 12.3 Å². The fraction of sp³-hybridized carbons (Fsp3) is 0.556. The number of nitrogens with one attached hydrogen (secondary N) is 1. The van der Waals surface area contributed by atoms with E-state index in [-0.39, 0.29) is 5.82 Å². The number of aliphatic hydroxyl groups excluding tert-OH is 2. The number of anilines is 1. The Hall–Kier alpha value is -1.52. The predicted molar refractivity (Wildman–Crippen MR) is 58.6 cm³/mol. The normalized spacial score (nSPS) is 31.7. The van der Waals surface area contributed by atoms with Crippen LogP contribution in [-0.2, 0) is 4.74 Å². The van der Waals surface area contributed by atoms with Crippen molar-refractivity contribution in [2.24, 2.45) is 0 Å². The van der Waals surface area contributed by atoms with Gasteiger partial charge >= 0.3 is 5.69 Å². The Bertz CT molecular complexity index is 478. The molecular formula is C9H14N4O5. The van der Waals surface area contributed by atoms with Crippen molar-refractivity contribution in [1.29, 1.82) is 0 Å². The summed E-state index contributed by atoms with van der Waals surface area (Å²) in [6.45, 7) is -0.438. The van der Waals surface area contributed by atoms with Gasteiger partial charge in [0.2, 0.25) is 0 Å². The molecule has 18 heavy (non-hydrogen) atoms. The van der Waals surface area contributed by atoms with Crippen LogP contribution in [0.4, 0.5) is 5.82 Å². The zero-order chi connectivity index (χ0) is 13.3. The number of ether oxygens (including phenoxy) is 1. The SMILES string of the molecule is Nc1ccn([C@@H]2O[C@H](CO)[C@@H](O)[C@H]2NO)c(=O)n1. The van der Waals surface area contributed by atoms with Crippen LogP contribution in [0.15, 0.2) is 17.1 Å². The highest BCUT2D eigenvalue weighted by Gasteiger charge is 2.44. The van der Waals surface area contributed by atoms with E-state index in [1.807, 2.05) is 5.48 Å². The Labute approximate surface area is 101 Å². The summed E-state index contributed by atoms with van der Waals surface area (Å²) in [4.78, 5) is 15.1. The van der Waals surface area contributed by atoms with Gasteiger partial charge in [-0.2, -0.15) is 10.5 Å². The van der Waals surface area contributed by atoms with Gasteiger partial charge < -0.3 is 25.9 Å². The lowest BCUT2D eigenvalue weighted by Gasteiger charge is -2.19. The third kappa shape index (κ3) is 2.09. The van der Waals surface area contributed by atoms with Crippen molar-refractivity contribution in [2.45, 2.75) is 24.5 Å². The van der Waals surface area contributed by atoms with E-state index >= 15 is 0 Å². The first-order valence-corrected chi connectivity index (χ1v) is 5.27. The molecule has 0 bridgehead atoms. The summed E-state index contributed by atoms with van der Waals surface area (Å²) in [7, 11) is 0. The summed E-state index contributed by atoms with van der Waals surface area (Å²) in [5.74, 6) is 0.0574. The molecule has 1 aliphatic heterocycles. The van der Waals surface area contributed by atoms with Crippen LogP contribution < -0.4 is 16.9 Å². The zero-order valence-electron chi connectivity index (χ0n) is 9.30. The second-order valence-electron chi connectivity index (χ2n) is 3.94. The summed E-state index contributed by atoms with van der Waals surface area (Å²) >= 11 is 0. The lowest BCUT2D eigenvalue weighted by atomic mass is 10.1. The summed E-state index contributed by atoms with van der Waals surface area (Å²) in [5, 5.41) is 27.8. The number of hydroxylamine groups is 1. The van der Waals surface area contributed by atoms with Crippen LogP contribution in [0.3, 0.4) is 0 Å². The van der Waals surface area contributed by atoms with Gasteiger partial charge in [0.15, 0.2) is 6.23 Å². The summed E-state index contributed by atoms with van der Waals surface area (Å²) in [6.07, 6.45) is -1.70. The number of aromatic nitrogens is 2. The van der Waals surface area contributed by atoms with Crippen LogP contribution in [0.1, 0.15) is 6.23 Å². The van der Waals surface area contributed by atoms with E-state index in [1.165, 1.54) is 12.3 Å². The van der Waals surface area contributed by atoms with Gasteiger partial charge in [-0.05, 0) is 6.07 Å². The van der Waals surface area contributed by atoms with Gasteiger partial charge in [-0.15, -0.1) is 0 Å². The van der Waals surface area contributed by atoms with Gasteiger partial charge in [0, 0.05) is 6.20 Å². The number of aliphatic hydroxyl groups is 2. The van der Waals surface area contributed by atoms with E-state index in [4.69, 9.17) is 20.8 Å². The van der Waals surface area contributed by atoms with Crippen molar-refractivity contribution in [3.05, 3.63) is 22.7 Å². The number of nitrogen functional groups attached to an aromatic ring is 1. The molecule has 0 saturated carbocycles. The van der Waals surface area contributed by atoms with Crippen LogP contribution in [-0.4, -0.2) is 49.8 Å². The molecule has 9 nitrogen and oxygen atoms in total. The third-order valence-corrected chi connectivity index (χ3v) is 2.82. The van der Waals surface area contributed by atoms with Crippen molar-refractivity contribution in [3.8, 4) is 0 Å². The van der Waals surface area contributed by atoms with Crippen molar-refractivity contribution >= 4 is 5.82 Å². The van der Waals surface area contributed by atoms with Crippen LogP contribution in [0, 0.1) is 0 Å². The number of rotatable bonds is 3. The summed E-state index contributed by atoms with van der Waals surface area (Å²) in [5.41, 5.74) is 6.54. The van der Waals surface area contributed by atoms with Gasteiger partial charge in [-0.25, -0.2) is 4.79 Å². The molecule has 1 aromatic rings. The molecule has 9 heteroatoms. The van der Waals surface area contributed by atoms with Crippen LogP contribution in [0.2, 0.25) is 0 Å². The standard InChI is InChI=1S/C9H14N4O5/c10-5-1-2-13(9(16)11-5)8-6(12-17)7(15)4(3-14)18-8/h1-2,4,6-8,12,14-15,17H,3H2,(H2,10,11,16)/t4-,6-,7-,8-/m1/s1. The molecule has 0 aliphatic carbocycles. The Morgan fingerprint density at radius 2 is 2.33 bits per heavy atom. The van der Waals surface area contributed by atoms with Crippen LogP contribution in [0.5, 0.6) is 0 Å². The maximum Gasteiger partial charge on any atom is 0.351 e. The summed E-state index contributed by atoms with van der Waals surface area (Å²) in [6, 6.07) is 0.433. The monoisotopic (exact) mass is 258 g/mol. The van der Waals surface area contributed by atoms with Crippen LogP contribution >= 0.6 is 0 Å². The number of hydrogen-bond donors (Lipinski definition) is 5. The molecule has 6 N–H and O–H groups in total. The predicted octanol–water partition coefficient (Wildman–Crippen LogP) is -2.58. The maximum atomic E-state index is 11.6. The first-order valence-electron chi connectivity index (χ1n) is 5.27. The third-order valence-electron chi connectivity index (χ3n) is 2.82. The highest BCUT2D eigenvalue weighted by Crippen LogP contribution is 2.27. The van der Waals surface area contributed by atoms with Gasteiger partial charge in [-0.1, -0.05) is 0 Å². The highest BCUT2D eigenvalue weighted by atomic mass is 16.6. The lowest BCUT2D eigenvalue weighted by molar-refractivity contribution is -0.0498. The smallest absolute Gasteiger partial charge is 0.351 e. The van der Waals surface area contributed by atoms with Crippen molar-refractivity contribution in [3.63, 3.8) is 0 Å². The molecule has 2 heterocycles. The Morgan fingerprint density at radius 1 is 1.61 bits per heavy atom. The van der Waals surface area contributed by atoms with E-state index in [2.05, 4.69) is 4.98 Å². The lowest BCUT2D eigenvalue weighted by Crippen LogP contribution is -2.44. The number of nitrogens with zero attached hydrogens (tertiary/aromatic N) is 2. The van der Waals surface area contributed by atoms with Crippen molar-refractivity contribution < 1.29 is 20.2 Å². The molecule has 1 fully saturated rings. The Morgan fingerprint density at radius 3 is 2.89 bits per heavy atom. The molecule has 0 spiro atoms. The molecule has 4 atom stereocenters. The molecule has 0 radical (unpaired) electrons. The molecule has 0 aromatic carbocycles. The molecule has 0 amide bonds. The molecule has 1 saturated heterocycles. The molecule has 1 aliphatic rings. The molecular weight excluding hydrogens is 244 g/mol. The first-order chi connectivity index (χ1) is 8.58. The second-order valence-corrected chi connectivity index (χ2v) is 3.94. The minimum atomic E-state index is -1.16. The maximum absolute atomic E-state index is 11.6. The Balaban J connectivity index is 2.35. The van der Waals surface area contributed by atoms with E-state index in [0.717, 1.165) is 4.57 Å². The summed E-state index contributed by atoms with van der Waals surface area (Å²) < 4.78 is 6.37. The number of nitrogens with two attached hydrogens (primary N) is 1. The Kier molecular flexibility index (Phi) is 3.59. The topological polar surface area (TPSA) is 143 Å². The van der Waals surface area contributed by atoms with E-state index in [0.29, 0.717) is 0 Å². The number of hydrogen-bond acceptors (Lipinski definition) is 8. The van der Waals surface area contributed by atoms with E-state index in [9.17, 15) is 9.90 Å². The minimum Gasteiger partial charge on any atom is -0.394 e. The molecule has 0 unspecified atom stereocenters. The van der Waals surface area contributed by atoms with Gasteiger partial charge in [-0.3, -0.25) is 4.57 Å². The van der Waals surface area contributed by atoms with Gasteiger partial charge in [0.25, 0.3) is 0 Å². The zero-order valence-corrected chi connectivity index (χ0v) is 9.30. The van der Waals surface area contributed by atoms with Gasteiger partial charge in [0.1, 0.15) is 24.1 Å². The quantitative estimate of drug-likeness (QED) is 0.372. The first kappa shape index (κ1) is 12.9. The van der Waals surface area contributed by atoms with Crippen LogP contribution in [0.25, 0.3) is 0 Å². The average Bonchev–Trinajstić information content (AvgIpc) is 2.65. The molecule has 100 valence electrons.